The summed E-state index contributed by atoms with van der Waals surface area (Å²) in [6.45, 7) is 8.24. The van der Waals surface area contributed by atoms with Crippen LogP contribution in [0.2, 0.25) is 5.02 Å². The first-order chi connectivity index (χ1) is 16.5. The number of carbonyl (C=O) groups excluding carboxylic acids is 2. The van der Waals surface area contributed by atoms with Crippen LogP contribution in [0.3, 0.4) is 0 Å². The fourth-order valence-corrected chi connectivity index (χ4v) is 4.85. The van der Waals surface area contributed by atoms with E-state index in [-0.39, 0.29) is 24.3 Å². The first-order valence-corrected chi connectivity index (χ1v) is 12.6. The van der Waals surface area contributed by atoms with Crippen LogP contribution in [0.5, 0.6) is 0 Å². The van der Waals surface area contributed by atoms with Crippen molar-refractivity contribution in [3.8, 4) is 0 Å². The van der Waals surface area contributed by atoms with E-state index in [9.17, 15) is 9.59 Å². The average Bonchev–Trinajstić information content (AvgIpc) is 2.87. The molecule has 2 aromatic carbocycles. The number of ether oxygens (including phenoxy) is 1. The molecule has 1 heterocycles. The van der Waals surface area contributed by atoms with E-state index in [2.05, 4.69) is 29.4 Å². The molecule has 2 aromatic rings. The number of nitrogens with zero attached hydrogens (tertiary/aromatic N) is 1. The van der Waals surface area contributed by atoms with Gasteiger partial charge in [-0.1, -0.05) is 80.8 Å². The molecular formula is C27H36ClN3O3. The summed E-state index contributed by atoms with van der Waals surface area (Å²) in [4.78, 5) is 28.4. The van der Waals surface area contributed by atoms with E-state index >= 15 is 0 Å². The molecule has 1 fully saturated rings. The molecule has 2 amide bonds. The summed E-state index contributed by atoms with van der Waals surface area (Å²) < 4.78 is 5.53. The van der Waals surface area contributed by atoms with E-state index in [0.29, 0.717) is 23.0 Å². The summed E-state index contributed by atoms with van der Waals surface area (Å²) in [6, 6.07) is 16.3. The molecule has 2 atom stereocenters. The van der Waals surface area contributed by atoms with Gasteiger partial charge in [0.25, 0.3) is 5.91 Å². The minimum absolute atomic E-state index is 0.0856. The molecule has 2 N–H and O–H groups in total. The zero-order chi connectivity index (χ0) is 24.3. The second-order valence-corrected chi connectivity index (χ2v) is 9.12. The van der Waals surface area contributed by atoms with Gasteiger partial charge in [-0.15, -0.1) is 0 Å². The maximum absolute atomic E-state index is 13.1. The van der Waals surface area contributed by atoms with E-state index in [1.807, 2.05) is 30.3 Å². The summed E-state index contributed by atoms with van der Waals surface area (Å²) in [6.07, 6.45) is 2.28. The topological polar surface area (TPSA) is 70.7 Å². The molecule has 34 heavy (non-hydrogen) atoms. The number of hydrogen-bond donors (Lipinski definition) is 2. The predicted octanol–water partition coefficient (Wildman–Crippen LogP) is 4.45. The molecule has 0 aliphatic carbocycles. The molecule has 7 heteroatoms. The Bertz CT molecular complexity index is 914. The second kappa shape index (κ2) is 13.5. The van der Waals surface area contributed by atoms with Gasteiger partial charge < -0.3 is 15.4 Å². The van der Waals surface area contributed by atoms with E-state index in [0.717, 1.165) is 44.7 Å². The zero-order valence-corrected chi connectivity index (χ0v) is 20.9. The summed E-state index contributed by atoms with van der Waals surface area (Å²) in [7, 11) is 0. The van der Waals surface area contributed by atoms with Gasteiger partial charge in [-0.2, -0.15) is 0 Å². The molecular weight excluding hydrogens is 450 g/mol. The monoisotopic (exact) mass is 485 g/mol. The first-order valence-electron chi connectivity index (χ1n) is 12.2. The Labute approximate surface area is 208 Å². The lowest BCUT2D eigenvalue weighted by atomic mass is 9.92. The van der Waals surface area contributed by atoms with Crippen LogP contribution in [0.25, 0.3) is 0 Å². The molecule has 0 saturated carbocycles. The number of carbonyl (C=O) groups is 2. The summed E-state index contributed by atoms with van der Waals surface area (Å²) in [5.41, 5.74) is 1.27. The van der Waals surface area contributed by atoms with Crippen LogP contribution in [-0.2, 0) is 9.53 Å². The van der Waals surface area contributed by atoms with Crippen molar-refractivity contribution in [1.82, 2.24) is 15.5 Å². The van der Waals surface area contributed by atoms with E-state index in [1.165, 1.54) is 0 Å². The molecule has 0 aromatic heterocycles. The van der Waals surface area contributed by atoms with Crippen molar-refractivity contribution in [1.29, 1.82) is 0 Å². The molecule has 184 valence electrons. The lowest BCUT2D eigenvalue weighted by molar-refractivity contribution is -0.122. The normalized spacial score (nSPS) is 16.1. The molecule has 1 aliphatic heterocycles. The van der Waals surface area contributed by atoms with E-state index in [1.54, 1.807) is 24.3 Å². The summed E-state index contributed by atoms with van der Waals surface area (Å²) >= 11 is 6.22. The maximum atomic E-state index is 13.1. The van der Waals surface area contributed by atoms with Crippen LogP contribution in [0.4, 0.5) is 0 Å². The fraction of sp³-hybridized carbons (Fsp3) is 0.481. The van der Waals surface area contributed by atoms with Crippen LogP contribution in [0, 0.1) is 5.92 Å². The lowest BCUT2D eigenvalue weighted by Crippen LogP contribution is -2.52. The Morgan fingerprint density at radius 2 is 1.65 bits per heavy atom. The number of rotatable bonds is 11. The molecule has 3 rings (SSSR count). The van der Waals surface area contributed by atoms with E-state index in [4.69, 9.17) is 16.3 Å². The van der Waals surface area contributed by atoms with Crippen LogP contribution in [-0.4, -0.2) is 55.6 Å². The first kappa shape index (κ1) is 26.2. The van der Waals surface area contributed by atoms with Gasteiger partial charge in [-0.05, 0) is 23.6 Å². The molecule has 0 unspecified atom stereocenters. The van der Waals surface area contributed by atoms with Gasteiger partial charge in [-0.3, -0.25) is 14.5 Å². The van der Waals surface area contributed by atoms with Gasteiger partial charge in [0.1, 0.15) is 0 Å². The number of halogens is 1. The largest absolute Gasteiger partial charge is 0.379 e. The number of hydrogen-bond acceptors (Lipinski definition) is 4. The Morgan fingerprint density at radius 3 is 2.29 bits per heavy atom. The van der Waals surface area contributed by atoms with Crippen molar-refractivity contribution >= 4 is 23.4 Å². The number of morpholine rings is 1. The third kappa shape index (κ3) is 7.29. The van der Waals surface area contributed by atoms with Crippen molar-refractivity contribution in [2.24, 2.45) is 5.92 Å². The Morgan fingerprint density at radius 1 is 1.00 bits per heavy atom. The standard InChI is InChI=1S/C27H36ClN3O3/c1-3-20(4-2)25(31-14-16-34-17-15-31)19-29-26(32)18-24(21-10-6-5-7-11-21)30-27(33)22-12-8-9-13-23(22)28/h5-13,20,24-25H,3-4,14-19H2,1-2H3,(H,29,32)(H,30,33)/t24-,25-/m0/s1. The minimum Gasteiger partial charge on any atom is -0.379 e. The number of nitrogens with one attached hydrogen (secondary N) is 2. The molecule has 1 saturated heterocycles. The van der Waals surface area contributed by atoms with Crippen molar-refractivity contribution in [3.05, 3.63) is 70.7 Å². The van der Waals surface area contributed by atoms with Crippen molar-refractivity contribution in [3.63, 3.8) is 0 Å². The highest BCUT2D eigenvalue weighted by molar-refractivity contribution is 6.33. The van der Waals surface area contributed by atoms with Crippen molar-refractivity contribution < 1.29 is 14.3 Å². The minimum atomic E-state index is -0.458. The highest BCUT2D eigenvalue weighted by atomic mass is 35.5. The van der Waals surface area contributed by atoms with Crippen LogP contribution >= 0.6 is 11.6 Å². The van der Waals surface area contributed by atoms with Crippen LogP contribution in [0.1, 0.15) is 55.1 Å². The van der Waals surface area contributed by atoms with Crippen molar-refractivity contribution in [2.45, 2.75) is 45.2 Å². The SMILES string of the molecule is CCC(CC)[C@H](CNC(=O)C[C@H](NC(=O)c1ccccc1Cl)c1ccccc1)N1CCOCC1. The van der Waals surface area contributed by atoms with Gasteiger partial charge in [0.05, 0.1) is 36.3 Å². The highest BCUT2D eigenvalue weighted by Crippen LogP contribution is 2.22. The van der Waals surface area contributed by atoms with Gasteiger partial charge in [0.15, 0.2) is 0 Å². The lowest BCUT2D eigenvalue weighted by Gasteiger charge is -2.38. The number of amides is 2. The molecule has 6 nitrogen and oxygen atoms in total. The second-order valence-electron chi connectivity index (χ2n) is 8.72. The van der Waals surface area contributed by atoms with Gasteiger partial charge in [0.2, 0.25) is 5.91 Å². The Balaban J connectivity index is 1.68. The van der Waals surface area contributed by atoms with Crippen LogP contribution in [0.15, 0.2) is 54.6 Å². The maximum Gasteiger partial charge on any atom is 0.253 e. The van der Waals surface area contributed by atoms with Gasteiger partial charge in [-0.25, -0.2) is 0 Å². The summed E-state index contributed by atoms with van der Waals surface area (Å²) in [5, 5.41) is 6.55. The fourth-order valence-electron chi connectivity index (χ4n) is 4.63. The Hall–Kier alpha value is -2.41. The van der Waals surface area contributed by atoms with Crippen LogP contribution < -0.4 is 10.6 Å². The molecule has 1 aliphatic rings. The quantitative estimate of drug-likeness (QED) is 0.493. The smallest absolute Gasteiger partial charge is 0.253 e. The predicted molar refractivity (Wildman–Crippen MR) is 136 cm³/mol. The van der Waals surface area contributed by atoms with E-state index < -0.39 is 6.04 Å². The average molecular weight is 486 g/mol. The molecule has 0 spiro atoms. The highest BCUT2D eigenvalue weighted by Gasteiger charge is 2.28. The third-order valence-corrected chi connectivity index (χ3v) is 6.96. The third-order valence-electron chi connectivity index (χ3n) is 6.63. The molecule has 0 radical (unpaired) electrons. The van der Waals surface area contributed by atoms with Gasteiger partial charge in [0, 0.05) is 25.7 Å². The molecule has 0 bridgehead atoms. The van der Waals surface area contributed by atoms with Gasteiger partial charge >= 0.3 is 0 Å². The Kier molecular flexibility index (Phi) is 10.4. The summed E-state index contributed by atoms with van der Waals surface area (Å²) in [5.74, 6) is 0.122. The number of benzene rings is 2. The van der Waals surface area contributed by atoms with Crippen molar-refractivity contribution in [2.75, 3.05) is 32.8 Å². The zero-order valence-electron chi connectivity index (χ0n) is 20.1.